The van der Waals surface area contributed by atoms with Crippen LogP contribution in [0.3, 0.4) is 0 Å². The van der Waals surface area contributed by atoms with Crippen LogP contribution in [0.4, 0.5) is 0 Å². The molecule has 0 amide bonds. The van der Waals surface area contributed by atoms with Gasteiger partial charge in [0.15, 0.2) is 5.52 Å². The summed E-state index contributed by atoms with van der Waals surface area (Å²) in [6.45, 7) is 1.81. The standard InChI is InChI=1S/C17H12ClN5O2/c1-9-6-12(20-15-14(9)21-17(25)22-16(15)24)10-7-19-23(8-10)13-5-3-2-4-11(13)18/h2-8H,1H3,(H2,21,22,24,25). The van der Waals surface area contributed by atoms with Gasteiger partial charge in [-0.1, -0.05) is 23.7 Å². The average molecular weight is 354 g/mol. The molecule has 4 rings (SSSR count). The summed E-state index contributed by atoms with van der Waals surface area (Å²) in [5, 5.41) is 4.90. The topological polar surface area (TPSA) is 96.4 Å². The molecule has 0 spiro atoms. The van der Waals surface area contributed by atoms with Crippen LogP contribution in [0.1, 0.15) is 5.56 Å². The first kappa shape index (κ1) is 15.3. The number of aryl methyl sites for hydroxylation is 1. The molecule has 1 aromatic carbocycles. The van der Waals surface area contributed by atoms with E-state index in [-0.39, 0.29) is 5.52 Å². The van der Waals surface area contributed by atoms with E-state index >= 15 is 0 Å². The van der Waals surface area contributed by atoms with Crippen LogP contribution >= 0.6 is 11.6 Å². The molecule has 124 valence electrons. The lowest BCUT2D eigenvalue weighted by molar-refractivity contribution is 0.881. The Kier molecular flexibility index (Phi) is 3.51. The molecule has 0 atom stereocenters. The van der Waals surface area contributed by atoms with Crippen LogP contribution in [0, 0.1) is 6.92 Å². The van der Waals surface area contributed by atoms with E-state index in [2.05, 4.69) is 20.1 Å². The highest BCUT2D eigenvalue weighted by atomic mass is 35.5. The second-order valence-corrected chi connectivity index (χ2v) is 5.99. The summed E-state index contributed by atoms with van der Waals surface area (Å²) < 4.78 is 1.65. The number of hydrogen-bond acceptors (Lipinski definition) is 4. The molecule has 0 saturated heterocycles. The number of aromatic nitrogens is 5. The van der Waals surface area contributed by atoms with E-state index in [1.165, 1.54) is 0 Å². The summed E-state index contributed by atoms with van der Waals surface area (Å²) >= 11 is 6.20. The zero-order valence-electron chi connectivity index (χ0n) is 13.1. The zero-order valence-corrected chi connectivity index (χ0v) is 13.8. The molecule has 0 aliphatic rings. The van der Waals surface area contributed by atoms with Gasteiger partial charge in [-0.2, -0.15) is 5.10 Å². The number of hydrogen-bond donors (Lipinski definition) is 2. The van der Waals surface area contributed by atoms with Gasteiger partial charge in [0.05, 0.1) is 28.1 Å². The van der Waals surface area contributed by atoms with Crippen molar-refractivity contribution in [1.82, 2.24) is 24.7 Å². The van der Waals surface area contributed by atoms with Crippen LogP contribution < -0.4 is 11.2 Å². The highest BCUT2D eigenvalue weighted by Gasteiger charge is 2.12. The molecule has 0 aliphatic heterocycles. The zero-order chi connectivity index (χ0) is 17.6. The Hall–Kier alpha value is -3.19. The Morgan fingerprint density at radius 2 is 1.96 bits per heavy atom. The van der Waals surface area contributed by atoms with Gasteiger partial charge in [-0.3, -0.25) is 9.78 Å². The van der Waals surface area contributed by atoms with Gasteiger partial charge in [0.2, 0.25) is 0 Å². The quantitative estimate of drug-likeness (QED) is 0.578. The van der Waals surface area contributed by atoms with Crippen molar-refractivity contribution in [3.05, 3.63) is 74.1 Å². The molecule has 3 aromatic heterocycles. The number of nitrogens with one attached hydrogen (secondary N) is 2. The summed E-state index contributed by atoms with van der Waals surface area (Å²) in [5.74, 6) is 0. The predicted octanol–water partition coefficient (Wildman–Crippen LogP) is 2.43. The van der Waals surface area contributed by atoms with Crippen molar-refractivity contribution in [3.63, 3.8) is 0 Å². The fourth-order valence-corrected chi connectivity index (χ4v) is 2.90. The first-order valence-corrected chi connectivity index (χ1v) is 7.84. The van der Waals surface area contributed by atoms with Crippen LogP contribution in [0.25, 0.3) is 28.0 Å². The van der Waals surface area contributed by atoms with E-state index < -0.39 is 11.2 Å². The minimum atomic E-state index is -0.554. The molecule has 0 bridgehead atoms. The third kappa shape index (κ3) is 2.64. The summed E-state index contributed by atoms with van der Waals surface area (Å²) in [4.78, 5) is 32.6. The summed E-state index contributed by atoms with van der Waals surface area (Å²) in [7, 11) is 0. The lowest BCUT2D eigenvalue weighted by atomic mass is 10.1. The summed E-state index contributed by atoms with van der Waals surface area (Å²) in [6.07, 6.45) is 3.44. The van der Waals surface area contributed by atoms with Crippen LogP contribution in [0.15, 0.2) is 52.3 Å². The Labute approximate surface area is 145 Å². The SMILES string of the molecule is Cc1cc(-c2cnn(-c3ccccc3Cl)c2)nc2c(=O)[nH]c(=O)[nH]c12. The Morgan fingerprint density at radius 1 is 1.16 bits per heavy atom. The number of para-hydroxylation sites is 1. The number of fused-ring (bicyclic) bond motifs is 1. The van der Waals surface area contributed by atoms with Crippen LogP contribution in [0.2, 0.25) is 5.02 Å². The molecule has 0 aliphatic carbocycles. The van der Waals surface area contributed by atoms with Gasteiger partial charge in [-0.15, -0.1) is 0 Å². The minimum absolute atomic E-state index is 0.181. The van der Waals surface area contributed by atoms with Gasteiger partial charge < -0.3 is 4.98 Å². The first-order valence-electron chi connectivity index (χ1n) is 7.47. The van der Waals surface area contributed by atoms with Crippen molar-refractivity contribution in [3.8, 4) is 16.9 Å². The largest absolute Gasteiger partial charge is 0.326 e. The third-order valence-electron chi connectivity index (χ3n) is 3.87. The van der Waals surface area contributed by atoms with Crippen molar-refractivity contribution >= 4 is 22.6 Å². The monoisotopic (exact) mass is 353 g/mol. The number of halogens is 1. The van der Waals surface area contributed by atoms with E-state index in [0.29, 0.717) is 16.2 Å². The number of pyridine rings is 1. The molecule has 8 heteroatoms. The van der Waals surface area contributed by atoms with Crippen molar-refractivity contribution < 1.29 is 0 Å². The van der Waals surface area contributed by atoms with Gasteiger partial charge in [0.25, 0.3) is 5.56 Å². The molecule has 0 fully saturated rings. The second kappa shape index (κ2) is 5.71. The maximum absolute atomic E-state index is 12.0. The first-order chi connectivity index (χ1) is 12.0. The van der Waals surface area contributed by atoms with Gasteiger partial charge in [-0.25, -0.2) is 14.5 Å². The van der Waals surface area contributed by atoms with E-state index in [1.54, 1.807) is 36.1 Å². The van der Waals surface area contributed by atoms with Gasteiger partial charge in [0.1, 0.15) is 0 Å². The molecule has 0 unspecified atom stereocenters. The minimum Gasteiger partial charge on any atom is -0.305 e. The average Bonchev–Trinajstić information content (AvgIpc) is 3.06. The molecule has 4 aromatic rings. The third-order valence-corrected chi connectivity index (χ3v) is 4.19. The summed E-state index contributed by atoms with van der Waals surface area (Å²) in [5.41, 5.74) is 2.33. The lowest BCUT2D eigenvalue weighted by Crippen LogP contribution is -2.23. The predicted molar refractivity (Wildman–Crippen MR) is 95.3 cm³/mol. The molecule has 0 saturated carbocycles. The second-order valence-electron chi connectivity index (χ2n) is 5.58. The van der Waals surface area contributed by atoms with E-state index in [1.807, 2.05) is 18.2 Å². The fourth-order valence-electron chi connectivity index (χ4n) is 2.67. The maximum Gasteiger partial charge on any atom is 0.326 e. The molecule has 25 heavy (non-hydrogen) atoms. The number of nitrogens with zero attached hydrogens (tertiary/aromatic N) is 3. The summed E-state index contributed by atoms with van der Waals surface area (Å²) in [6, 6.07) is 9.15. The number of H-pyrrole nitrogens is 2. The highest BCUT2D eigenvalue weighted by molar-refractivity contribution is 6.32. The molecular formula is C17H12ClN5O2. The highest BCUT2D eigenvalue weighted by Crippen LogP contribution is 2.24. The van der Waals surface area contributed by atoms with Gasteiger partial charge in [-0.05, 0) is 30.7 Å². The van der Waals surface area contributed by atoms with Crippen molar-refractivity contribution in [2.24, 2.45) is 0 Å². The van der Waals surface area contributed by atoms with Crippen LogP contribution in [-0.2, 0) is 0 Å². The van der Waals surface area contributed by atoms with E-state index in [0.717, 1.165) is 16.8 Å². The fraction of sp³-hybridized carbons (Fsp3) is 0.0588. The van der Waals surface area contributed by atoms with E-state index in [4.69, 9.17) is 11.6 Å². The number of aromatic amines is 2. The van der Waals surface area contributed by atoms with Gasteiger partial charge >= 0.3 is 5.69 Å². The number of benzene rings is 1. The van der Waals surface area contributed by atoms with E-state index in [9.17, 15) is 9.59 Å². The van der Waals surface area contributed by atoms with Crippen molar-refractivity contribution in [1.29, 1.82) is 0 Å². The maximum atomic E-state index is 12.0. The Morgan fingerprint density at radius 3 is 2.76 bits per heavy atom. The van der Waals surface area contributed by atoms with Crippen LogP contribution in [-0.4, -0.2) is 24.7 Å². The van der Waals surface area contributed by atoms with Crippen molar-refractivity contribution in [2.45, 2.75) is 6.92 Å². The normalized spacial score (nSPS) is 11.1. The number of rotatable bonds is 2. The molecule has 0 radical (unpaired) electrons. The lowest BCUT2D eigenvalue weighted by Gasteiger charge is -2.04. The molecule has 2 N–H and O–H groups in total. The van der Waals surface area contributed by atoms with Gasteiger partial charge in [0, 0.05) is 11.8 Å². The smallest absolute Gasteiger partial charge is 0.305 e. The molecule has 7 nitrogen and oxygen atoms in total. The van der Waals surface area contributed by atoms with Crippen LogP contribution in [0.5, 0.6) is 0 Å². The molecular weight excluding hydrogens is 342 g/mol. The molecule has 3 heterocycles. The van der Waals surface area contributed by atoms with Crippen molar-refractivity contribution in [2.75, 3.05) is 0 Å². The Bertz CT molecular complexity index is 1220. The Balaban J connectivity index is 1.88.